The Balaban J connectivity index is 1.41. The molecule has 2 fully saturated rings. The summed E-state index contributed by atoms with van der Waals surface area (Å²) in [5.41, 5.74) is 3.99. The molecule has 1 aromatic carbocycles. The summed E-state index contributed by atoms with van der Waals surface area (Å²) in [5.74, 6) is 2.87. The van der Waals surface area contributed by atoms with E-state index in [0.717, 1.165) is 49.4 Å². The lowest BCUT2D eigenvalue weighted by Crippen LogP contribution is -2.30. The van der Waals surface area contributed by atoms with Gasteiger partial charge in [0.1, 0.15) is 5.82 Å². The second kappa shape index (κ2) is 9.23. The quantitative estimate of drug-likeness (QED) is 0.560. The average Bonchev–Trinajstić information content (AvgIpc) is 3.57. The Labute approximate surface area is 186 Å². The number of aromatic nitrogens is 1. The van der Waals surface area contributed by atoms with Crippen LogP contribution in [0.4, 0.5) is 5.82 Å². The molecule has 1 aromatic heterocycles. The first-order valence-electron chi connectivity index (χ1n) is 12.4. The number of fused-ring (bicyclic) bond motifs is 3. The average molecular weight is 424 g/mol. The monoisotopic (exact) mass is 423 g/mol. The van der Waals surface area contributed by atoms with Crippen molar-refractivity contribution in [2.24, 2.45) is 0 Å². The first-order chi connectivity index (χ1) is 15.2. The van der Waals surface area contributed by atoms with Gasteiger partial charge in [-0.25, -0.2) is 4.98 Å². The standard InChI is InChI=1S/C26H37N3O2/c1-28(19-9-3-4-10-19)26-21-12-7-11-20(21)22-17-24(30-2)25(18-23(22)27-26)31-16-8-15-29-13-5-6-14-29/h17-19H,3-16H2,1-2H3. The first kappa shape index (κ1) is 20.9. The maximum atomic E-state index is 6.21. The third-order valence-electron chi connectivity index (χ3n) is 7.60. The van der Waals surface area contributed by atoms with Crippen LogP contribution in [0.5, 0.6) is 11.5 Å². The van der Waals surface area contributed by atoms with Crippen LogP contribution in [0.3, 0.4) is 0 Å². The number of nitrogens with zero attached hydrogens (tertiary/aromatic N) is 3. The van der Waals surface area contributed by atoms with Crippen LogP contribution in [-0.4, -0.2) is 56.3 Å². The highest BCUT2D eigenvalue weighted by atomic mass is 16.5. The van der Waals surface area contributed by atoms with E-state index >= 15 is 0 Å². The van der Waals surface area contributed by atoms with Gasteiger partial charge >= 0.3 is 0 Å². The maximum Gasteiger partial charge on any atom is 0.163 e. The topological polar surface area (TPSA) is 37.8 Å². The molecule has 5 rings (SSSR count). The molecule has 5 nitrogen and oxygen atoms in total. The molecule has 0 atom stereocenters. The van der Waals surface area contributed by atoms with Gasteiger partial charge in [0.2, 0.25) is 0 Å². The lowest BCUT2D eigenvalue weighted by Gasteiger charge is -2.28. The Morgan fingerprint density at radius 1 is 1.00 bits per heavy atom. The second-order valence-corrected chi connectivity index (χ2v) is 9.57. The van der Waals surface area contributed by atoms with Gasteiger partial charge in [-0.15, -0.1) is 0 Å². The van der Waals surface area contributed by atoms with Crippen molar-refractivity contribution in [3.8, 4) is 11.5 Å². The molecule has 2 aromatic rings. The van der Waals surface area contributed by atoms with Crippen LogP contribution in [0, 0.1) is 0 Å². The zero-order chi connectivity index (χ0) is 21.2. The summed E-state index contributed by atoms with van der Waals surface area (Å²) in [5, 5.41) is 1.25. The molecule has 5 heteroatoms. The Morgan fingerprint density at radius 2 is 1.77 bits per heavy atom. The summed E-state index contributed by atoms with van der Waals surface area (Å²) in [6, 6.07) is 4.92. The number of hydrogen-bond acceptors (Lipinski definition) is 5. The molecule has 168 valence electrons. The second-order valence-electron chi connectivity index (χ2n) is 9.57. The maximum absolute atomic E-state index is 6.21. The lowest BCUT2D eigenvalue weighted by molar-refractivity contribution is 0.254. The van der Waals surface area contributed by atoms with Crippen LogP contribution in [0.2, 0.25) is 0 Å². The fourth-order valence-corrected chi connectivity index (χ4v) is 5.86. The van der Waals surface area contributed by atoms with Gasteiger partial charge in [-0.05, 0) is 81.6 Å². The van der Waals surface area contributed by atoms with E-state index in [0.29, 0.717) is 6.04 Å². The summed E-state index contributed by atoms with van der Waals surface area (Å²) in [7, 11) is 4.00. The number of benzene rings is 1. The molecule has 0 spiro atoms. The Hall–Kier alpha value is -2.01. The van der Waals surface area contributed by atoms with Gasteiger partial charge in [0, 0.05) is 31.1 Å². The van der Waals surface area contributed by atoms with Gasteiger partial charge in [-0.2, -0.15) is 0 Å². The van der Waals surface area contributed by atoms with Gasteiger partial charge in [-0.1, -0.05) is 12.8 Å². The third kappa shape index (κ3) is 4.21. The van der Waals surface area contributed by atoms with Crippen LogP contribution in [0.25, 0.3) is 10.9 Å². The molecule has 0 bridgehead atoms. The van der Waals surface area contributed by atoms with E-state index in [1.165, 1.54) is 80.4 Å². The van der Waals surface area contributed by atoms with Crippen LogP contribution in [0.1, 0.15) is 62.5 Å². The highest BCUT2D eigenvalue weighted by molar-refractivity contribution is 5.89. The van der Waals surface area contributed by atoms with Crippen molar-refractivity contribution < 1.29 is 9.47 Å². The van der Waals surface area contributed by atoms with Crippen molar-refractivity contribution in [2.45, 2.75) is 70.3 Å². The summed E-state index contributed by atoms with van der Waals surface area (Å²) in [6.45, 7) is 4.33. The first-order valence-corrected chi connectivity index (χ1v) is 12.4. The summed E-state index contributed by atoms with van der Waals surface area (Å²) < 4.78 is 11.9. The minimum atomic E-state index is 0.634. The molecule has 3 aliphatic rings. The van der Waals surface area contributed by atoms with Crippen LogP contribution in [-0.2, 0) is 12.8 Å². The van der Waals surface area contributed by atoms with E-state index in [-0.39, 0.29) is 0 Å². The SMILES string of the molecule is COc1cc2c3c(c(N(C)C4CCCC4)nc2cc1OCCCN1CCCC1)CCC3. The molecule has 2 aliphatic carbocycles. The molecule has 31 heavy (non-hydrogen) atoms. The molecule has 2 heterocycles. The van der Waals surface area contributed by atoms with Crippen LogP contribution < -0.4 is 14.4 Å². The molecule has 0 amide bonds. The van der Waals surface area contributed by atoms with Crippen molar-refractivity contribution >= 4 is 16.7 Å². The molecular weight excluding hydrogens is 386 g/mol. The van der Waals surface area contributed by atoms with E-state index in [4.69, 9.17) is 14.5 Å². The summed E-state index contributed by atoms with van der Waals surface area (Å²) >= 11 is 0. The predicted molar refractivity (Wildman–Crippen MR) is 127 cm³/mol. The predicted octanol–water partition coefficient (Wildman–Crippen LogP) is 4.98. The highest BCUT2D eigenvalue weighted by Gasteiger charge is 2.27. The van der Waals surface area contributed by atoms with Gasteiger partial charge in [0.15, 0.2) is 11.5 Å². The smallest absolute Gasteiger partial charge is 0.163 e. The van der Waals surface area contributed by atoms with Crippen LogP contribution in [0.15, 0.2) is 12.1 Å². The van der Waals surface area contributed by atoms with Crippen molar-refractivity contribution in [1.82, 2.24) is 9.88 Å². The Kier molecular flexibility index (Phi) is 6.22. The van der Waals surface area contributed by atoms with Crippen LogP contribution >= 0.6 is 0 Å². The number of likely N-dealkylation sites (tertiary alicyclic amines) is 1. The lowest BCUT2D eigenvalue weighted by atomic mass is 10.0. The molecular formula is C26H37N3O2. The van der Waals surface area contributed by atoms with E-state index in [2.05, 4.69) is 29.0 Å². The molecule has 0 unspecified atom stereocenters. The fraction of sp³-hybridized carbons (Fsp3) is 0.654. The minimum absolute atomic E-state index is 0.634. The van der Waals surface area contributed by atoms with Crippen molar-refractivity contribution in [2.75, 3.05) is 45.3 Å². The summed E-state index contributed by atoms with van der Waals surface area (Å²) in [4.78, 5) is 10.2. The number of anilines is 1. The van der Waals surface area contributed by atoms with Crippen molar-refractivity contribution in [3.05, 3.63) is 23.3 Å². The zero-order valence-electron chi connectivity index (χ0n) is 19.3. The third-order valence-corrected chi connectivity index (χ3v) is 7.60. The molecule has 1 saturated carbocycles. The van der Waals surface area contributed by atoms with E-state index in [1.54, 1.807) is 7.11 Å². The molecule has 1 saturated heterocycles. The largest absolute Gasteiger partial charge is 0.493 e. The van der Waals surface area contributed by atoms with Crippen molar-refractivity contribution in [1.29, 1.82) is 0 Å². The molecule has 0 N–H and O–H groups in total. The van der Waals surface area contributed by atoms with E-state index in [1.807, 2.05) is 0 Å². The molecule has 0 radical (unpaired) electrons. The number of hydrogen-bond donors (Lipinski definition) is 0. The number of methoxy groups -OCH3 is 1. The van der Waals surface area contributed by atoms with E-state index < -0.39 is 0 Å². The number of aryl methyl sites for hydroxylation is 1. The fourth-order valence-electron chi connectivity index (χ4n) is 5.86. The Morgan fingerprint density at radius 3 is 2.55 bits per heavy atom. The molecule has 1 aliphatic heterocycles. The summed E-state index contributed by atoms with van der Waals surface area (Å²) in [6.07, 6.45) is 12.5. The van der Waals surface area contributed by atoms with Gasteiger partial charge in [0.25, 0.3) is 0 Å². The van der Waals surface area contributed by atoms with Gasteiger partial charge in [-0.3, -0.25) is 0 Å². The van der Waals surface area contributed by atoms with Crippen molar-refractivity contribution in [3.63, 3.8) is 0 Å². The number of pyridine rings is 1. The van der Waals surface area contributed by atoms with E-state index in [9.17, 15) is 0 Å². The number of ether oxygens (including phenoxy) is 2. The van der Waals surface area contributed by atoms with Gasteiger partial charge in [0.05, 0.1) is 19.2 Å². The zero-order valence-corrected chi connectivity index (χ0v) is 19.3. The van der Waals surface area contributed by atoms with Gasteiger partial charge < -0.3 is 19.3 Å². The normalized spacial score (nSPS) is 19.3. The minimum Gasteiger partial charge on any atom is -0.493 e. The highest BCUT2D eigenvalue weighted by Crippen LogP contribution is 2.41. The number of rotatable bonds is 8. The Bertz CT molecular complexity index is 917.